The second kappa shape index (κ2) is 5.72. The summed E-state index contributed by atoms with van der Waals surface area (Å²) in [5, 5.41) is 16.4. The molecule has 0 bridgehead atoms. The van der Waals surface area contributed by atoms with Crippen LogP contribution in [0.1, 0.15) is 5.56 Å². The lowest BCUT2D eigenvalue weighted by atomic mass is 10.1. The van der Waals surface area contributed by atoms with Crippen molar-refractivity contribution in [3.8, 4) is 11.4 Å². The van der Waals surface area contributed by atoms with Crippen molar-refractivity contribution in [2.75, 3.05) is 7.11 Å². The van der Waals surface area contributed by atoms with Gasteiger partial charge in [0.1, 0.15) is 11.4 Å². The van der Waals surface area contributed by atoms with Crippen molar-refractivity contribution >= 4 is 39.8 Å². The van der Waals surface area contributed by atoms with Crippen LogP contribution in [0.15, 0.2) is 30.5 Å². The highest BCUT2D eigenvalue weighted by atomic mass is 35.5. The van der Waals surface area contributed by atoms with E-state index in [-0.39, 0.29) is 15.7 Å². The lowest BCUT2D eigenvalue weighted by Crippen LogP contribution is -2.00. The van der Waals surface area contributed by atoms with Crippen LogP contribution >= 0.6 is 23.2 Å². The van der Waals surface area contributed by atoms with Crippen molar-refractivity contribution in [2.24, 2.45) is 0 Å². The number of rotatable bonds is 3. The largest absolute Gasteiger partial charge is 0.496 e. The van der Waals surface area contributed by atoms with E-state index in [9.17, 15) is 10.1 Å². The fourth-order valence-corrected chi connectivity index (χ4v) is 3.11. The highest BCUT2D eigenvalue weighted by molar-refractivity contribution is 6.38. The lowest BCUT2D eigenvalue weighted by molar-refractivity contribution is -0.384. The zero-order chi connectivity index (χ0) is 16.7. The molecule has 0 aliphatic heterocycles. The molecule has 0 amide bonds. The van der Waals surface area contributed by atoms with Crippen LogP contribution in [0.3, 0.4) is 0 Å². The third-order valence-corrected chi connectivity index (χ3v) is 4.19. The number of fused-ring (bicyclic) bond motifs is 1. The molecule has 6 nitrogen and oxygen atoms in total. The number of ether oxygens (including phenoxy) is 1. The third-order valence-electron chi connectivity index (χ3n) is 3.62. The molecule has 0 aliphatic rings. The van der Waals surface area contributed by atoms with E-state index in [1.165, 1.54) is 12.1 Å². The highest BCUT2D eigenvalue weighted by Crippen LogP contribution is 2.36. The van der Waals surface area contributed by atoms with Gasteiger partial charge in [0.2, 0.25) is 0 Å². The molecule has 0 aliphatic carbocycles. The summed E-state index contributed by atoms with van der Waals surface area (Å²) < 4.78 is 6.86. The average molecular weight is 352 g/mol. The van der Waals surface area contributed by atoms with Crippen LogP contribution in [0.25, 0.3) is 16.6 Å². The molecule has 1 aromatic heterocycles. The summed E-state index contributed by atoms with van der Waals surface area (Å²) >= 11 is 12.4. The first-order chi connectivity index (χ1) is 10.9. The predicted octanol–water partition coefficient (Wildman–Crippen LogP) is 4.56. The zero-order valence-electron chi connectivity index (χ0n) is 12.2. The summed E-state index contributed by atoms with van der Waals surface area (Å²) in [4.78, 5) is 10.3. The number of nitrogens with zero attached hydrogens (tertiary/aromatic N) is 3. The van der Waals surface area contributed by atoms with Crippen molar-refractivity contribution in [3.05, 3.63) is 56.2 Å². The second-order valence-corrected chi connectivity index (χ2v) is 5.71. The number of benzene rings is 2. The van der Waals surface area contributed by atoms with Gasteiger partial charge in [-0.15, -0.1) is 0 Å². The number of nitro groups is 1. The molecule has 0 atom stereocenters. The first kappa shape index (κ1) is 15.6. The summed E-state index contributed by atoms with van der Waals surface area (Å²) in [5.41, 5.74) is 1.95. The Morgan fingerprint density at radius 2 is 1.91 bits per heavy atom. The normalized spacial score (nSPS) is 11.0. The molecule has 0 saturated carbocycles. The van der Waals surface area contributed by atoms with Crippen LogP contribution in [-0.2, 0) is 0 Å². The second-order valence-electron chi connectivity index (χ2n) is 4.90. The van der Waals surface area contributed by atoms with E-state index in [1.807, 2.05) is 19.1 Å². The smallest absolute Gasteiger partial charge is 0.272 e. The molecule has 0 radical (unpaired) electrons. The average Bonchev–Trinajstić information content (AvgIpc) is 2.91. The fourth-order valence-electron chi connectivity index (χ4n) is 2.48. The summed E-state index contributed by atoms with van der Waals surface area (Å²) in [7, 11) is 1.60. The van der Waals surface area contributed by atoms with Crippen molar-refractivity contribution in [1.82, 2.24) is 9.78 Å². The van der Waals surface area contributed by atoms with Crippen LogP contribution in [0.5, 0.6) is 5.75 Å². The summed E-state index contributed by atoms with van der Waals surface area (Å²) in [6.07, 6.45) is 1.68. The quantitative estimate of drug-likeness (QED) is 0.512. The molecule has 23 heavy (non-hydrogen) atoms. The Morgan fingerprint density at radius 1 is 1.26 bits per heavy atom. The summed E-state index contributed by atoms with van der Waals surface area (Å²) in [6.45, 7) is 1.92. The van der Waals surface area contributed by atoms with Crippen molar-refractivity contribution < 1.29 is 9.66 Å². The maximum atomic E-state index is 10.9. The highest BCUT2D eigenvalue weighted by Gasteiger charge is 2.19. The van der Waals surface area contributed by atoms with E-state index < -0.39 is 4.92 Å². The number of methoxy groups -OCH3 is 1. The van der Waals surface area contributed by atoms with Gasteiger partial charge in [0.15, 0.2) is 0 Å². The molecule has 2 aromatic carbocycles. The van der Waals surface area contributed by atoms with Crippen LogP contribution in [0.2, 0.25) is 10.0 Å². The summed E-state index contributed by atoms with van der Waals surface area (Å²) in [5.74, 6) is 0.748. The van der Waals surface area contributed by atoms with E-state index in [0.29, 0.717) is 5.69 Å². The standard InChI is InChI=1S/C15H11Cl2N3O3/c1-8-10-7-18-19(13(10)3-4-14(8)23-2)15-11(16)5-9(20(21)22)6-12(15)17/h3-7H,1-2H3. The Bertz CT molecular complexity index is 914. The molecule has 1 heterocycles. The summed E-state index contributed by atoms with van der Waals surface area (Å²) in [6, 6.07) is 6.17. The Balaban J connectivity index is 2.26. The van der Waals surface area contributed by atoms with Crippen LogP contribution < -0.4 is 4.74 Å². The van der Waals surface area contributed by atoms with E-state index in [4.69, 9.17) is 27.9 Å². The number of hydrogen-bond donors (Lipinski definition) is 0. The van der Waals surface area contributed by atoms with Gasteiger partial charge in [-0.2, -0.15) is 5.10 Å². The Kier molecular flexibility index (Phi) is 3.87. The van der Waals surface area contributed by atoms with Gasteiger partial charge in [0, 0.05) is 23.1 Å². The molecule has 8 heteroatoms. The lowest BCUT2D eigenvalue weighted by Gasteiger charge is -2.10. The molecule has 0 saturated heterocycles. The van der Waals surface area contributed by atoms with E-state index in [1.54, 1.807) is 18.0 Å². The molecular formula is C15H11Cl2N3O3. The maximum absolute atomic E-state index is 10.9. The number of aromatic nitrogens is 2. The van der Waals surface area contributed by atoms with Gasteiger partial charge < -0.3 is 4.74 Å². The van der Waals surface area contributed by atoms with Gasteiger partial charge in [0.25, 0.3) is 5.69 Å². The molecule has 0 fully saturated rings. The zero-order valence-corrected chi connectivity index (χ0v) is 13.7. The first-order valence-corrected chi connectivity index (χ1v) is 7.34. The Labute approximate surface area is 141 Å². The number of hydrogen-bond acceptors (Lipinski definition) is 4. The van der Waals surface area contributed by atoms with Gasteiger partial charge in [-0.3, -0.25) is 10.1 Å². The fraction of sp³-hybridized carbons (Fsp3) is 0.133. The van der Waals surface area contributed by atoms with Crippen molar-refractivity contribution in [3.63, 3.8) is 0 Å². The van der Waals surface area contributed by atoms with E-state index in [2.05, 4.69) is 5.10 Å². The minimum Gasteiger partial charge on any atom is -0.496 e. The van der Waals surface area contributed by atoms with Crippen molar-refractivity contribution in [1.29, 1.82) is 0 Å². The molecule has 0 N–H and O–H groups in total. The van der Waals surface area contributed by atoms with Crippen LogP contribution in [-0.4, -0.2) is 21.8 Å². The van der Waals surface area contributed by atoms with Gasteiger partial charge in [-0.05, 0) is 19.1 Å². The van der Waals surface area contributed by atoms with E-state index in [0.717, 1.165) is 22.2 Å². The number of aryl methyl sites for hydroxylation is 1. The topological polar surface area (TPSA) is 70.2 Å². The van der Waals surface area contributed by atoms with Gasteiger partial charge in [-0.25, -0.2) is 4.68 Å². The van der Waals surface area contributed by atoms with Crippen LogP contribution in [0, 0.1) is 17.0 Å². The SMILES string of the molecule is COc1ccc2c(cnn2-c2c(Cl)cc([N+](=O)[O-])cc2Cl)c1C. The molecule has 0 spiro atoms. The Morgan fingerprint density at radius 3 is 2.48 bits per heavy atom. The monoisotopic (exact) mass is 351 g/mol. The maximum Gasteiger partial charge on any atom is 0.272 e. The van der Waals surface area contributed by atoms with E-state index >= 15 is 0 Å². The number of halogens is 2. The van der Waals surface area contributed by atoms with Crippen LogP contribution in [0.4, 0.5) is 5.69 Å². The van der Waals surface area contributed by atoms with Gasteiger partial charge in [0.05, 0.1) is 33.8 Å². The van der Waals surface area contributed by atoms with Crippen molar-refractivity contribution in [2.45, 2.75) is 6.92 Å². The molecule has 3 aromatic rings. The molecule has 118 valence electrons. The van der Waals surface area contributed by atoms with Gasteiger partial charge >= 0.3 is 0 Å². The number of non-ortho nitro benzene ring substituents is 1. The predicted molar refractivity (Wildman–Crippen MR) is 89.0 cm³/mol. The molecule has 0 unspecified atom stereocenters. The minimum atomic E-state index is -0.544. The number of nitro benzene ring substituents is 1. The minimum absolute atomic E-state index is 0.155. The third kappa shape index (κ3) is 2.50. The first-order valence-electron chi connectivity index (χ1n) is 6.59. The molecular weight excluding hydrogens is 341 g/mol. The van der Waals surface area contributed by atoms with Gasteiger partial charge in [-0.1, -0.05) is 23.2 Å². The molecule has 3 rings (SSSR count). The Hall–Kier alpha value is -2.31.